The van der Waals surface area contributed by atoms with E-state index in [0.29, 0.717) is 12.0 Å². The molecule has 0 atom stereocenters. The van der Waals surface area contributed by atoms with E-state index in [-0.39, 0.29) is 0 Å². The summed E-state index contributed by atoms with van der Waals surface area (Å²) in [7, 11) is 1.77. The van der Waals surface area contributed by atoms with Gasteiger partial charge in [0.2, 0.25) is 5.88 Å². The average molecular weight is 279 g/mol. The summed E-state index contributed by atoms with van der Waals surface area (Å²) in [6.07, 6.45) is 8.40. The molecule has 20 heavy (non-hydrogen) atoms. The Morgan fingerprint density at radius 1 is 1.30 bits per heavy atom. The Bertz CT molecular complexity index is 420. The molecule has 1 aliphatic rings. The molecule has 1 saturated carbocycles. The van der Waals surface area contributed by atoms with Crippen molar-refractivity contribution in [1.82, 2.24) is 9.78 Å². The summed E-state index contributed by atoms with van der Waals surface area (Å²) < 4.78 is 7.88. The lowest BCUT2D eigenvalue weighted by Crippen LogP contribution is -2.15. The Morgan fingerprint density at radius 3 is 2.55 bits per heavy atom. The second-order valence-electron chi connectivity index (χ2n) is 6.16. The van der Waals surface area contributed by atoms with Gasteiger partial charge in [0.15, 0.2) is 0 Å². The third-order valence-corrected chi connectivity index (χ3v) is 4.28. The number of hydrogen-bond donors (Lipinski definition) is 1. The predicted molar refractivity (Wildman–Crippen MR) is 82.4 cm³/mol. The maximum absolute atomic E-state index is 5.72. The number of methoxy groups -OCH3 is 1. The summed E-state index contributed by atoms with van der Waals surface area (Å²) in [6, 6.07) is 0.517. The van der Waals surface area contributed by atoms with Crippen LogP contribution in [0.3, 0.4) is 0 Å². The number of aromatic nitrogens is 2. The van der Waals surface area contributed by atoms with E-state index in [1.54, 1.807) is 7.11 Å². The van der Waals surface area contributed by atoms with Gasteiger partial charge in [0, 0.05) is 5.56 Å². The van der Waals surface area contributed by atoms with Gasteiger partial charge in [-0.05, 0) is 38.1 Å². The second-order valence-corrected chi connectivity index (χ2v) is 6.16. The Labute approximate surface area is 122 Å². The SMILES string of the molecule is COc1c(CCCN)c(C(C)C)nn1C1CCCCC1. The number of nitrogens with zero attached hydrogens (tertiary/aromatic N) is 2. The van der Waals surface area contributed by atoms with Crippen molar-refractivity contribution in [3.63, 3.8) is 0 Å². The van der Waals surface area contributed by atoms with Crippen LogP contribution in [0, 0.1) is 0 Å². The van der Waals surface area contributed by atoms with Crippen molar-refractivity contribution in [2.24, 2.45) is 5.73 Å². The fourth-order valence-corrected chi connectivity index (χ4v) is 3.24. The van der Waals surface area contributed by atoms with Gasteiger partial charge < -0.3 is 10.5 Å². The van der Waals surface area contributed by atoms with Crippen LogP contribution < -0.4 is 10.5 Å². The Morgan fingerprint density at radius 2 is 2.00 bits per heavy atom. The molecule has 1 heterocycles. The summed E-state index contributed by atoms with van der Waals surface area (Å²) in [5.74, 6) is 1.41. The monoisotopic (exact) mass is 279 g/mol. The van der Waals surface area contributed by atoms with Gasteiger partial charge >= 0.3 is 0 Å². The van der Waals surface area contributed by atoms with Gasteiger partial charge in [-0.15, -0.1) is 0 Å². The highest BCUT2D eigenvalue weighted by Crippen LogP contribution is 2.36. The highest BCUT2D eigenvalue weighted by Gasteiger charge is 2.25. The predicted octanol–water partition coefficient (Wildman–Crippen LogP) is 3.41. The Hall–Kier alpha value is -1.03. The van der Waals surface area contributed by atoms with Gasteiger partial charge in [-0.3, -0.25) is 0 Å². The van der Waals surface area contributed by atoms with E-state index in [4.69, 9.17) is 15.6 Å². The lowest BCUT2D eigenvalue weighted by atomic mass is 9.95. The summed E-state index contributed by atoms with van der Waals surface area (Å²) in [6.45, 7) is 5.13. The van der Waals surface area contributed by atoms with Crippen molar-refractivity contribution in [1.29, 1.82) is 0 Å². The molecule has 2 N–H and O–H groups in total. The Kier molecular flexibility index (Phi) is 5.46. The standard InChI is InChI=1S/C16H29N3O/c1-12(2)15-14(10-7-11-17)16(20-3)19(18-15)13-8-5-4-6-9-13/h12-13H,4-11,17H2,1-3H3. The van der Waals surface area contributed by atoms with Gasteiger partial charge in [-0.25, -0.2) is 4.68 Å². The highest BCUT2D eigenvalue weighted by atomic mass is 16.5. The zero-order valence-electron chi connectivity index (χ0n) is 13.2. The van der Waals surface area contributed by atoms with E-state index in [1.165, 1.54) is 43.4 Å². The van der Waals surface area contributed by atoms with E-state index in [2.05, 4.69) is 18.5 Å². The van der Waals surface area contributed by atoms with Gasteiger partial charge in [-0.2, -0.15) is 5.10 Å². The summed E-state index contributed by atoms with van der Waals surface area (Å²) in [4.78, 5) is 0. The fraction of sp³-hybridized carbons (Fsp3) is 0.812. The van der Waals surface area contributed by atoms with Crippen LogP contribution in [0.15, 0.2) is 0 Å². The molecule has 1 aromatic rings. The lowest BCUT2D eigenvalue weighted by molar-refractivity contribution is 0.278. The molecule has 114 valence electrons. The molecule has 1 fully saturated rings. The first-order valence-corrected chi connectivity index (χ1v) is 8.04. The first-order valence-electron chi connectivity index (χ1n) is 8.04. The van der Waals surface area contributed by atoms with Gasteiger partial charge in [0.05, 0.1) is 18.8 Å². The topological polar surface area (TPSA) is 53.1 Å². The molecule has 4 nitrogen and oxygen atoms in total. The normalized spacial score (nSPS) is 16.9. The van der Waals surface area contributed by atoms with Crippen LogP contribution in [0.2, 0.25) is 0 Å². The highest BCUT2D eigenvalue weighted by molar-refractivity contribution is 5.34. The summed E-state index contributed by atoms with van der Waals surface area (Å²) in [5, 5.41) is 4.91. The molecule has 0 radical (unpaired) electrons. The van der Waals surface area contributed by atoms with Gasteiger partial charge in [0.1, 0.15) is 0 Å². The molecular weight excluding hydrogens is 250 g/mol. The van der Waals surface area contributed by atoms with Crippen molar-refractivity contribution in [3.8, 4) is 5.88 Å². The molecule has 0 aliphatic heterocycles. The quantitative estimate of drug-likeness (QED) is 0.868. The first-order chi connectivity index (χ1) is 9.69. The lowest BCUT2D eigenvalue weighted by Gasteiger charge is -2.23. The van der Waals surface area contributed by atoms with Crippen LogP contribution in [0.5, 0.6) is 5.88 Å². The number of nitrogens with two attached hydrogens (primary N) is 1. The third kappa shape index (κ3) is 3.17. The zero-order valence-corrected chi connectivity index (χ0v) is 13.2. The minimum Gasteiger partial charge on any atom is -0.481 e. The second kappa shape index (κ2) is 7.11. The van der Waals surface area contributed by atoms with E-state index >= 15 is 0 Å². The molecule has 4 heteroatoms. The average Bonchev–Trinajstić information content (AvgIpc) is 2.84. The first kappa shape index (κ1) is 15.4. The minimum absolute atomic E-state index is 0.432. The van der Waals surface area contributed by atoms with Crippen LogP contribution in [0.25, 0.3) is 0 Å². The van der Waals surface area contributed by atoms with Crippen LogP contribution in [0.1, 0.15) is 75.6 Å². The Balaban J connectivity index is 2.34. The molecule has 0 aromatic carbocycles. The van der Waals surface area contributed by atoms with Crippen molar-refractivity contribution in [2.75, 3.05) is 13.7 Å². The van der Waals surface area contributed by atoms with Crippen molar-refractivity contribution in [3.05, 3.63) is 11.3 Å². The maximum atomic E-state index is 5.72. The number of ether oxygens (including phenoxy) is 1. The van der Waals surface area contributed by atoms with Crippen molar-refractivity contribution < 1.29 is 4.74 Å². The zero-order chi connectivity index (χ0) is 14.5. The molecule has 0 spiro atoms. The third-order valence-electron chi connectivity index (χ3n) is 4.28. The van der Waals surface area contributed by atoms with E-state index < -0.39 is 0 Å². The summed E-state index contributed by atoms with van der Waals surface area (Å²) >= 11 is 0. The molecule has 1 aromatic heterocycles. The molecule has 0 amide bonds. The largest absolute Gasteiger partial charge is 0.481 e. The number of rotatable bonds is 6. The molecule has 0 saturated heterocycles. The fourth-order valence-electron chi connectivity index (χ4n) is 3.24. The van der Waals surface area contributed by atoms with Crippen molar-refractivity contribution in [2.45, 2.75) is 70.8 Å². The smallest absolute Gasteiger partial charge is 0.215 e. The van der Waals surface area contributed by atoms with Crippen LogP contribution in [-0.4, -0.2) is 23.4 Å². The van der Waals surface area contributed by atoms with Crippen molar-refractivity contribution >= 4 is 0 Å². The van der Waals surface area contributed by atoms with E-state index in [9.17, 15) is 0 Å². The molecule has 1 aliphatic carbocycles. The van der Waals surface area contributed by atoms with Crippen LogP contribution in [-0.2, 0) is 6.42 Å². The minimum atomic E-state index is 0.432. The molecular formula is C16H29N3O. The van der Waals surface area contributed by atoms with Gasteiger partial charge in [0.25, 0.3) is 0 Å². The van der Waals surface area contributed by atoms with Crippen LogP contribution >= 0.6 is 0 Å². The molecule has 0 unspecified atom stereocenters. The number of hydrogen-bond acceptors (Lipinski definition) is 3. The summed E-state index contributed by atoms with van der Waals surface area (Å²) in [5.41, 5.74) is 8.15. The maximum Gasteiger partial charge on any atom is 0.215 e. The van der Waals surface area contributed by atoms with Crippen LogP contribution in [0.4, 0.5) is 0 Å². The van der Waals surface area contributed by atoms with E-state index in [0.717, 1.165) is 25.3 Å². The van der Waals surface area contributed by atoms with E-state index in [1.807, 2.05) is 0 Å². The molecule has 2 rings (SSSR count). The van der Waals surface area contributed by atoms with Gasteiger partial charge in [-0.1, -0.05) is 33.1 Å². The molecule has 0 bridgehead atoms.